The lowest BCUT2D eigenvalue weighted by Gasteiger charge is -2.26. The maximum atomic E-state index is 12.4. The number of carbonyl (C=O) groups is 1. The molecule has 1 atom stereocenters. The zero-order chi connectivity index (χ0) is 20.4. The molecule has 1 aliphatic rings. The Labute approximate surface area is 162 Å². The van der Waals surface area contributed by atoms with E-state index in [4.69, 9.17) is 4.74 Å². The lowest BCUT2D eigenvalue weighted by atomic mass is 10.2. The molecule has 0 bridgehead atoms. The van der Waals surface area contributed by atoms with Crippen molar-refractivity contribution in [1.29, 1.82) is 0 Å². The fourth-order valence-electron chi connectivity index (χ4n) is 3.33. The molecule has 0 saturated carbocycles. The Balaban J connectivity index is 1.44. The Hall–Kier alpha value is -3.37. The second-order valence-electron chi connectivity index (χ2n) is 6.44. The number of benzene rings is 1. The molecular formula is C18H16F3N5O3. The molecule has 0 amide bonds. The second-order valence-corrected chi connectivity index (χ2v) is 6.44. The molecular weight excluding hydrogens is 391 g/mol. The molecule has 0 spiro atoms. The molecule has 1 fully saturated rings. The van der Waals surface area contributed by atoms with Gasteiger partial charge in [-0.25, -0.2) is 9.78 Å². The third-order valence-electron chi connectivity index (χ3n) is 4.54. The smallest absolute Gasteiger partial charge is 0.460 e. The van der Waals surface area contributed by atoms with Crippen LogP contribution in [-0.4, -0.2) is 51.1 Å². The number of aromatic nitrogens is 4. The first kappa shape index (κ1) is 19.0. The molecule has 29 heavy (non-hydrogen) atoms. The van der Waals surface area contributed by atoms with E-state index >= 15 is 0 Å². The molecule has 2 aromatic heterocycles. The predicted molar refractivity (Wildman–Crippen MR) is 94.6 cm³/mol. The first-order valence-corrected chi connectivity index (χ1v) is 8.85. The van der Waals surface area contributed by atoms with E-state index in [9.17, 15) is 18.0 Å². The zero-order valence-electron chi connectivity index (χ0n) is 15.0. The average Bonchev–Trinajstić information content (AvgIpc) is 3.33. The summed E-state index contributed by atoms with van der Waals surface area (Å²) in [4.78, 5) is 22.6. The minimum absolute atomic E-state index is 0.0149. The summed E-state index contributed by atoms with van der Waals surface area (Å²) in [6, 6.07) is 6.51. The standard InChI is InChI=1S/C18H16F3N5O3/c19-18(20,21)29-14-5-1-3-12(9-14)16(27)28-10-13-4-2-8-25(13)15-6-7-22-17-23-11-24-26(15)17/h1,3,5-7,9,11,13H,2,4,8,10H2. The number of hydrogen-bond acceptors (Lipinski definition) is 7. The Bertz CT molecular complexity index is 1020. The minimum atomic E-state index is -4.83. The quantitative estimate of drug-likeness (QED) is 0.602. The number of alkyl halides is 3. The van der Waals surface area contributed by atoms with Gasteiger partial charge in [0.25, 0.3) is 5.78 Å². The largest absolute Gasteiger partial charge is 0.573 e. The van der Waals surface area contributed by atoms with Crippen LogP contribution in [0.1, 0.15) is 23.2 Å². The van der Waals surface area contributed by atoms with Crippen molar-refractivity contribution in [2.75, 3.05) is 18.1 Å². The summed E-state index contributed by atoms with van der Waals surface area (Å²) in [5.74, 6) is 0.0585. The lowest BCUT2D eigenvalue weighted by Crippen LogP contribution is -2.35. The van der Waals surface area contributed by atoms with E-state index in [0.29, 0.717) is 5.78 Å². The lowest BCUT2D eigenvalue weighted by molar-refractivity contribution is -0.274. The molecule has 0 radical (unpaired) electrons. The van der Waals surface area contributed by atoms with Crippen LogP contribution < -0.4 is 9.64 Å². The molecule has 0 aliphatic carbocycles. The van der Waals surface area contributed by atoms with Crippen molar-refractivity contribution in [1.82, 2.24) is 19.6 Å². The number of carbonyl (C=O) groups excluding carboxylic acids is 1. The third-order valence-corrected chi connectivity index (χ3v) is 4.54. The second kappa shape index (κ2) is 7.57. The Morgan fingerprint density at radius 1 is 1.24 bits per heavy atom. The van der Waals surface area contributed by atoms with E-state index in [1.165, 1.54) is 18.5 Å². The van der Waals surface area contributed by atoms with Gasteiger partial charge in [0.2, 0.25) is 0 Å². The number of fused-ring (bicyclic) bond motifs is 1. The average molecular weight is 407 g/mol. The van der Waals surface area contributed by atoms with Gasteiger partial charge in [0.05, 0.1) is 11.6 Å². The van der Waals surface area contributed by atoms with Crippen LogP contribution in [0.5, 0.6) is 5.75 Å². The van der Waals surface area contributed by atoms with Crippen LogP contribution in [0.3, 0.4) is 0 Å². The summed E-state index contributed by atoms with van der Waals surface area (Å²) in [5, 5.41) is 4.17. The number of hydrogen-bond donors (Lipinski definition) is 0. The van der Waals surface area contributed by atoms with Crippen LogP contribution in [0.4, 0.5) is 19.0 Å². The first-order chi connectivity index (χ1) is 13.9. The maximum Gasteiger partial charge on any atom is 0.573 e. The van der Waals surface area contributed by atoms with Crippen LogP contribution in [0, 0.1) is 0 Å². The maximum absolute atomic E-state index is 12.4. The predicted octanol–water partition coefficient (Wildman–Crippen LogP) is 2.85. The number of halogens is 3. The zero-order valence-corrected chi connectivity index (χ0v) is 15.0. The summed E-state index contributed by atoms with van der Waals surface area (Å²) in [6.45, 7) is 0.831. The number of ether oxygens (including phenoxy) is 2. The highest BCUT2D eigenvalue weighted by atomic mass is 19.4. The molecule has 1 aliphatic heterocycles. The fraction of sp³-hybridized carbons (Fsp3) is 0.333. The fourth-order valence-corrected chi connectivity index (χ4v) is 3.33. The van der Waals surface area contributed by atoms with E-state index in [2.05, 4.69) is 24.7 Å². The number of anilines is 1. The van der Waals surface area contributed by atoms with E-state index in [1.807, 2.05) is 0 Å². The highest BCUT2D eigenvalue weighted by Crippen LogP contribution is 2.26. The van der Waals surface area contributed by atoms with E-state index in [1.54, 1.807) is 16.8 Å². The summed E-state index contributed by atoms with van der Waals surface area (Å²) in [5.41, 5.74) is -0.0149. The molecule has 1 unspecified atom stereocenters. The van der Waals surface area contributed by atoms with Gasteiger partial charge in [0, 0.05) is 12.7 Å². The Morgan fingerprint density at radius 3 is 2.93 bits per heavy atom. The van der Waals surface area contributed by atoms with Gasteiger partial charge < -0.3 is 14.4 Å². The van der Waals surface area contributed by atoms with Gasteiger partial charge in [0.15, 0.2) is 0 Å². The normalized spacial score (nSPS) is 16.9. The Kier molecular flexibility index (Phi) is 4.95. The molecule has 3 aromatic rings. The summed E-state index contributed by atoms with van der Waals surface area (Å²) in [7, 11) is 0. The minimum Gasteiger partial charge on any atom is -0.460 e. The topological polar surface area (TPSA) is 81.9 Å². The van der Waals surface area contributed by atoms with Gasteiger partial charge in [-0.3, -0.25) is 0 Å². The molecule has 1 aromatic carbocycles. The molecule has 1 saturated heterocycles. The van der Waals surface area contributed by atoms with Gasteiger partial charge >= 0.3 is 12.3 Å². The molecule has 0 N–H and O–H groups in total. The molecule has 11 heteroatoms. The number of nitrogens with zero attached hydrogens (tertiary/aromatic N) is 5. The van der Waals surface area contributed by atoms with Crippen molar-refractivity contribution < 1.29 is 27.4 Å². The number of esters is 1. The monoisotopic (exact) mass is 407 g/mol. The van der Waals surface area contributed by atoms with Crippen LogP contribution in [0.15, 0.2) is 42.9 Å². The SMILES string of the molecule is O=C(OCC1CCCN1c1ccnc2ncnn12)c1cccc(OC(F)(F)F)c1. The van der Waals surface area contributed by atoms with E-state index in [-0.39, 0.29) is 18.2 Å². The van der Waals surface area contributed by atoms with Gasteiger partial charge in [-0.05, 0) is 37.1 Å². The summed E-state index contributed by atoms with van der Waals surface area (Å²) in [6.07, 6.45) is -0.0946. The van der Waals surface area contributed by atoms with Gasteiger partial charge in [-0.2, -0.15) is 14.6 Å². The van der Waals surface area contributed by atoms with Gasteiger partial charge in [-0.15, -0.1) is 13.2 Å². The van der Waals surface area contributed by atoms with Crippen LogP contribution in [0.25, 0.3) is 5.78 Å². The van der Waals surface area contributed by atoms with Gasteiger partial charge in [0.1, 0.15) is 24.5 Å². The number of rotatable bonds is 5. The molecule has 152 valence electrons. The van der Waals surface area contributed by atoms with Crippen molar-refractivity contribution in [3.63, 3.8) is 0 Å². The van der Waals surface area contributed by atoms with E-state index < -0.39 is 18.1 Å². The highest BCUT2D eigenvalue weighted by molar-refractivity contribution is 5.89. The van der Waals surface area contributed by atoms with Crippen LogP contribution in [0.2, 0.25) is 0 Å². The summed E-state index contributed by atoms with van der Waals surface area (Å²) >= 11 is 0. The van der Waals surface area contributed by atoms with Crippen LogP contribution in [-0.2, 0) is 4.74 Å². The van der Waals surface area contributed by atoms with Crippen LogP contribution >= 0.6 is 0 Å². The van der Waals surface area contributed by atoms with Crippen molar-refractivity contribution >= 4 is 17.6 Å². The van der Waals surface area contributed by atoms with Crippen molar-refractivity contribution in [3.8, 4) is 5.75 Å². The highest BCUT2D eigenvalue weighted by Gasteiger charge is 2.31. The van der Waals surface area contributed by atoms with Crippen molar-refractivity contribution in [2.45, 2.75) is 25.2 Å². The third kappa shape index (κ3) is 4.23. The molecule has 3 heterocycles. The van der Waals surface area contributed by atoms with E-state index in [0.717, 1.165) is 37.3 Å². The first-order valence-electron chi connectivity index (χ1n) is 8.85. The van der Waals surface area contributed by atoms with Gasteiger partial charge in [-0.1, -0.05) is 6.07 Å². The molecule has 4 rings (SSSR count). The molecule has 8 nitrogen and oxygen atoms in total. The van der Waals surface area contributed by atoms with Crippen molar-refractivity contribution in [2.24, 2.45) is 0 Å². The van der Waals surface area contributed by atoms with Crippen molar-refractivity contribution in [3.05, 3.63) is 48.4 Å². The Morgan fingerprint density at radius 2 is 2.10 bits per heavy atom. The summed E-state index contributed by atoms with van der Waals surface area (Å²) < 4.78 is 47.9.